The number of nitrogens with one attached hydrogen (secondary N) is 8. The predicted octanol–water partition coefficient (Wildman–Crippen LogP) is -2.73. The Morgan fingerprint density at radius 2 is 0.969 bits per heavy atom. The summed E-state index contributed by atoms with van der Waals surface area (Å²) in [4.78, 5) is 74.2. The van der Waals surface area contributed by atoms with Crippen LogP contribution in [0.4, 0.5) is 21.0 Å². The number of hydrogen-bond acceptors (Lipinski definition) is 16. The van der Waals surface area contributed by atoms with Gasteiger partial charge in [-0.3, -0.25) is 31.0 Å². The first kappa shape index (κ1) is 50.0. The third kappa shape index (κ3) is 14.2. The Hall–Kier alpha value is -7.68. The lowest BCUT2D eigenvalue weighted by atomic mass is 9.92. The number of amides is 4. The van der Waals surface area contributed by atoms with Gasteiger partial charge in [0.05, 0.1) is 37.4 Å². The van der Waals surface area contributed by atoms with Gasteiger partial charge in [0.1, 0.15) is 12.2 Å². The molecule has 2 aromatic carbocycles. The monoisotopic (exact) mass is 914 g/mol. The Morgan fingerprint density at radius 1 is 0.631 bits per heavy atom. The molecule has 0 saturated carbocycles. The molecular formula is C39H50N10O16. The van der Waals surface area contributed by atoms with Crippen LogP contribution in [0.25, 0.3) is 0 Å². The number of aliphatic hydroxyl groups is 4. The number of carboxylic acids is 2. The molecule has 0 saturated heterocycles. The van der Waals surface area contributed by atoms with Gasteiger partial charge >= 0.3 is 24.1 Å². The lowest BCUT2D eigenvalue weighted by Crippen LogP contribution is -2.64. The Balaban J connectivity index is 1.42. The smallest absolute Gasteiger partial charge is 0.412 e. The first-order chi connectivity index (χ1) is 30.7. The second-order valence-corrected chi connectivity index (χ2v) is 14.5. The third-order valence-corrected chi connectivity index (χ3v) is 9.55. The molecule has 0 unspecified atom stereocenters. The summed E-state index contributed by atoms with van der Waals surface area (Å²) in [5, 5.41) is 90.4. The van der Waals surface area contributed by atoms with Crippen molar-refractivity contribution in [1.82, 2.24) is 21.3 Å². The maximum atomic E-state index is 13.1. The van der Waals surface area contributed by atoms with Crippen LogP contribution < -0.4 is 43.4 Å². The summed E-state index contributed by atoms with van der Waals surface area (Å²) in [6.45, 7) is 0.332. The molecule has 18 N–H and O–H groups in total. The van der Waals surface area contributed by atoms with Crippen LogP contribution in [0.15, 0.2) is 72.2 Å². The summed E-state index contributed by atoms with van der Waals surface area (Å²) >= 11 is 0. The molecule has 2 aliphatic rings. The molecule has 2 aromatic rings. The van der Waals surface area contributed by atoms with Crippen LogP contribution >= 0.6 is 0 Å². The number of aliphatic hydroxyl groups excluding tert-OH is 4. The van der Waals surface area contributed by atoms with Crippen LogP contribution in [0, 0.1) is 10.8 Å². The molecule has 4 amide bonds. The Bertz CT molecular complexity index is 2010. The van der Waals surface area contributed by atoms with E-state index in [4.69, 9.17) is 41.2 Å². The number of carbonyl (C=O) groups is 6. The number of rotatable bonds is 18. The zero-order valence-corrected chi connectivity index (χ0v) is 34.6. The number of carboxylic acid groups (broad SMARTS) is 2. The lowest BCUT2D eigenvalue weighted by molar-refractivity contribution is -0.147. The molecule has 26 heteroatoms. The molecular weight excluding hydrogens is 864 g/mol. The number of anilines is 2. The summed E-state index contributed by atoms with van der Waals surface area (Å²) in [7, 11) is 0. The fourth-order valence-electron chi connectivity index (χ4n) is 6.81. The molecule has 0 aromatic heterocycles. The minimum atomic E-state index is -1.84. The largest absolute Gasteiger partial charge is 0.477 e. The zero-order chi connectivity index (χ0) is 48.1. The third-order valence-electron chi connectivity index (χ3n) is 9.55. The SMILES string of the molecule is CC(=O)N[C@H]1[C@H]([C@H](OC(=O)Nc2ccc(Cc3ccc(NC(=O)O[C@@H]([C@@H]4OC(C(=O)O)=C[C@H](NC(=N)N)[C@H]4NC(C)=O)[C@H](O)CO)cc3)cc2)[C@H](O)CO)OC(C(=O)O)=C[C@@H]1NC(=N)N. The van der Waals surface area contributed by atoms with Gasteiger partial charge in [0.15, 0.2) is 36.3 Å². The van der Waals surface area contributed by atoms with Crippen LogP contribution in [0.3, 0.4) is 0 Å². The number of aliphatic carboxylic acids is 2. The molecule has 65 heavy (non-hydrogen) atoms. The highest BCUT2D eigenvalue weighted by atomic mass is 16.6. The minimum Gasteiger partial charge on any atom is -0.477 e. The van der Waals surface area contributed by atoms with Gasteiger partial charge in [-0.15, -0.1) is 0 Å². The van der Waals surface area contributed by atoms with Gasteiger partial charge in [0, 0.05) is 25.2 Å². The van der Waals surface area contributed by atoms with E-state index in [2.05, 4.69) is 31.9 Å². The maximum absolute atomic E-state index is 13.1. The van der Waals surface area contributed by atoms with E-state index in [1.54, 1.807) is 24.3 Å². The van der Waals surface area contributed by atoms with Gasteiger partial charge in [0.25, 0.3) is 0 Å². The van der Waals surface area contributed by atoms with Gasteiger partial charge in [-0.25, -0.2) is 19.2 Å². The number of benzene rings is 2. The normalized spacial score (nSPS) is 21.9. The van der Waals surface area contributed by atoms with Crippen molar-refractivity contribution < 1.29 is 78.4 Å². The Morgan fingerprint density at radius 3 is 1.25 bits per heavy atom. The number of carbonyl (C=O) groups excluding carboxylic acids is 4. The van der Waals surface area contributed by atoms with Crippen molar-refractivity contribution in [2.75, 3.05) is 23.8 Å². The van der Waals surface area contributed by atoms with Crippen molar-refractivity contribution in [3.63, 3.8) is 0 Å². The van der Waals surface area contributed by atoms with Crippen molar-refractivity contribution >= 4 is 59.2 Å². The predicted molar refractivity (Wildman–Crippen MR) is 224 cm³/mol. The molecule has 2 heterocycles. The van der Waals surface area contributed by atoms with Gasteiger partial charge in [0.2, 0.25) is 23.3 Å². The number of nitrogens with two attached hydrogens (primary N) is 2. The molecule has 10 atom stereocenters. The zero-order valence-electron chi connectivity index (χ0n) is 34.6. The second-order valence-electron chi connectivity index (χ2n) is 14.5. The molecule has 26 nitrogen and oxygen atoms in total. The number of ether oxygens (including phenoxy) is 4. The van der Waals surface area contributed by atoms with Crippen molar-refractivity contribution in [3.05, 3.63) is 83.3 Å². The molecule has 0 spiro atoms. The van der Waals surface area contributed by atoms with Gasteiger partial charge in [-0.05, 0) is 54.0 Å². The Labute approximate surface area is 368 Å². The van der Waals surface area contributed by atoms with E-state index in [1.165, 1.54) is 24.3 Å². The first-order valence-electron chi connectivity index (χ1n) is 19.4. The fourth-order valence-corrected chi connectivity index (χ4v) is 6.81. The van der Waals surface area contributed by atoms with E-state index >= 15 is 0 Å². The summed E-state index contributed by atoms with van der Waals surface area (Å²) in [5.74, 6) is -6.94. The second kappa shape index (κ2) is 22.6. The highest BCUT2D eigenvalue weighted by molar-refractivity contribution is 5.87. The average Bonchev–Trinajstić information content (AvgIpc) is 3.23. The summed E-state index contributed by atoms with van der Waals surface area (Å²) in [5.41, 5.74) is 12.8. The quantitative estimate of drug-likeness (QED) is 0.0533. The molecule has 352 valence electrons. The van der Waals surface area contributed by atoms with Crippen LogP contribution in [-0.4, -0.2) is 153 Å². The van der Waals surface area contributed by atoms with E-state index < -0.39 is 133 Å². The van der Waals surface area contributed by atoms with Crippen LogP contribution in [-0.2, 0) is 44.5 Å². The topological polar surface area (TPSA) is 433 Å². The Kier molecular flexibility index (Phi) is 17.4. The average molecular weight is 915 g/mol. The van der Waals surface area contributed by atoms with Crippen molar-refractivity contribution in [2.24, 2.45) is 11.5 Å². The highest BCUT2D eigenvalue weighted by Gasteiger charge is 2.48. The summed E-state index contributed by atoms with van der Waals surface area (Å²) in [6.07, 6.45) is -10.3. The highest BCUT2D eigenvalue weighted by Crippen LogP contribution is 2.28. The van der Waals surface area contributed by atoms with E-state index in [9.17, 15) is 59.4 Å². The lowest BCUT2D eigenvalue weighted by Gasteiger charge is -2.41. The standard InChI is InChI=1S/C39H50N10O16/c1-16(52)44-28-22(48-36(40)41)12-26(34(56)57)62-32(28)30(24(54)14-50)64-38(60)46-20-7-3-18(4-8-20)11-19-5-9-21(10-6-19)47-39(61)65-31(25(55)15-51)33-29(45-17(2)53)23(49-37(42)43)13-27(63-33)35(58)59/h3-10,12-13,22-25,28-33,50-51,54-55H,11,14-15H2,1-2H3,(H,44,52)(H,45,53)(H,46,60)(H,47,61)(H,56,57)(H,58,59)(H4,40,41,48)(H4,42,43,49)/t22-,23-,24+,25+,28+,29+,30+,31+,32+,33+/m0/s1. The first-order valence-corrected chi connectivity index (χ1v) is 19.4. The van der Waals surface area contributed by atoms with Gasteiger partial charge in [-0.2, -0.15) is 0 Å². The fraction of sp³-hybridized carbons (Fsp3) is 0.385. The van der Waals surface area contributed by atoms with Crippen LogP contribution in [0.2, 0.25) is 0 Å². The molecule has 0 aliphatic carbocycles. The van der Waals surface area contributed by atoms with E-state index in [-0.39, 0.29) is 11.4 Å². The maximum Gasteiger partial charge on any atom is 0.412 e. The molecule has 0 fully saturated rings. The number of hydrogen-bond donors (Lipinski definition) is 16. The van der Waals surface area contributed by atoms with Crippen molar-refractivity contribution in [3.8, 4) is 0 Å². The van der Waals surface area contributed by atoms with E-state index in [1.807, 2.05) is 0 Å². The summed E-state index contributed by atoms with van der Waals surface area (Å²) < 4.78 is 21.9. The molecule has 0 radical (unpaired) electrons. The minimum absolute atomic E-state index is 0.215. The van der Waals surface area contributed by atoms with Crippen molar-refractivity contribution in [1.29, 1.82) is 10.8 Å². The van der Waals surface area contributed by atoms with Crippen LogP contribution in [0.1, 0.15) is 25.0 Å². The number of guanidine groups is 2. The van der Waals surface area contributed by atoms with E-state index in [0.29, 0.717) is 6.42 Å². The molecule has 0 bridgehead atoms. The molecule has 2 aliphatic heterocycles. The van der Waals surface area contributed by atoms with E-state index in [0.717, 1.165) is 37.1 Å². The van der Waals surface area contributed by atoms with Crippen LogP contribution in [0.5, 0.6) is 0 Å². The van der Waals surface area contributed by atoms with Gasteiger partial charge < -0.3 is 82.3 Å². The molecule has 4 rings (SSSR count). The van der Waals surface area contributed by atoms with Gasteiger partial charge in [-0.1, -0.05) is 24.3 Å². The van der Waals surface area contributed by atoms with Crippen molar-refractivity contribution in [2.45, 2.75) is 81.1 Å². The summed E-state index contributed by atoms with van der Waals surface area (Å²) in [6, 6.07) is 7.83.